The highest BCUT2D eigenvalue weighted by molar-refractivity contribution is 6.43. The number of amides is 4. The van der Waals surface area contributed by atoms with Gasteiger partial charge in [0.05, 0.1) is 31.1 Å². The Kier molecular flexibility index (Phi) is 21.0. The number of hydrogen-bond donors (Lipinski definition) is 9. The van der Waals surface area contributed by atoms with E-state index in [2.05, 4.69) is 26.5 Å². The molecule has 1 fully saturated rings. The Hall–Kier alpha value is -4.41. The quantitative estimate of drug-likeness (QED) is 0.0252. The molecule has 2 atom stereocenters. The van der Waals surface area contributed by atoms with Crippen molar-refractivity contribution < 1.29 is 49.0 Å². The minimum absolute atomic E-state index is 0.138. The van der Waals surface area contributed by atoms with E-state index in [0.29, 0.717) is 90.3 Å². The number of pyridine rings is 1. The van der Waals surface area contributed by atoms with Crippen LogP contribution >= 0.6 is 0 Å². The molecule has 0 aromatic carbocycles. The first-order valence-corrected chi connectivity index (χ1v) is 18.3. The van der Waals surface area contributed by atoms with Gasteiger partial charge in [0, 0.05) is 65.0 Å². The fraction of sp³-hybridized carbons (Fsp3) is 0.667. The SMILES string of the molecule is CCN(CCN(CCN(CCN)CC(=O)O)CC(=O)O)CC(=O)NCCCCCC(=O)NNc1ccc(C(=O)N[C@H](C)C(=O)N2CCC[C@H]2B(O)O)cn1. The molecule has 2 heterocycles. The van der Waals surface area contributed by atoms with Gasteiger partial charge in [-0.1, -0.05) is 13.3 Å². The number of aliphatic carboxylic acids is 2. The van der Waals surface area contributed by atoms with E-state index < -0.39 is 42.9 Å². The number of carboxylic acid groups (broad SMARTS) is 2. The lowest BCUT2D eigenvalue weighted by atomic mass is 9.78. The molecule has 302 valence electrons. The average molecular weight is 765 g/mol. The molecule has 0 bridgehead atoms. The Morgan fingerprint density at radius 1 is 0.926 bits per heavy atom. The number of carbonyl (C=O) groups is 6. The number of likely N-dealkylation sites (N-methyl/N-ethyl adjacent to an activating group) is 1. The third-order valence-corrected chi connectivity index (χ3v) is 8.85. The number of likely N-dealkylation sites (tertiary alicyclic amines) is 1. The van der Waals surface area contributed by atoms with Gasteiger partial charge in [-0.25, -0.2) is 4.98 Å². The van der Waals surface area contributed by atoms with Gasteiger partial charge >= 0.3 is 19.1 Å². The van der Waals surface area contributed by atoms with Crippen molar-refractivity contribution >= 4 is 48.5 Å². The first kappa shape index (κ1) is 45.8. The summed E-state index contributed by atoms with van der Waals surface area (Å²) in [6.45, 7) is 6.75. The van der Waals surface area contributed by atoms with Gasteiger partial charge in [-0.05, 0) is 51.3 Å². The predicted octanol–water partition coefficient (Wildman–Crippen LogP) is -2.62. The van der Waals surface area contributed by atoms with Crippen molar-refractivity contribution in [2.75, 3.05) is 84.0 Å². The van der Waals surface area contributed by atoms with E-state index >= 15 is 0 Å². The van der Waals surface area contributed by atoms with Crippen LogP contribution < -0.4 is 27.2 Å². The highest BCUT2D eigenvalue weighted by atomic mass is 16.4. The second-order valence-electron chi connectivity index (χ2n) is 13.1. The molecule has 1 aromatic heterocycles. The lowest BCUT2D eigenvalue weighted by molar-refractivity contribution is -0.140. The van der Waals surface area contributed by atoms with Crippen LogP contribution in [0.15, 0.2) is 18.3 Å². The number of hydrazine groups is 1. The molecule has 1 aromatic rings. The van der Waals surface area contributed by atoms with Crippen LogP contribution in [-0.4, -0.2) is 178 Å². The number of nitrogens with two attached hydrogens (primary N) is 1. The van der Waals surface area contributed by atoms with Crippen LogP contribution in [0.25, 0.3) is 0 Å². The highest BCUT2D eigenvalue weighted by Gasteiger charge is 2.38. The van der Waals surface area contributed by atoms with Gasteiger partial charge in [-0.2, -0.15) is 0 Å². The zero-order valence-electron chi connectivity index (χ0n) is 31.2. The highest BCUT2D eigenvalue weighted by Crippen LogP contribution is 2.19. The number of hydrogen-bond acceptors (Lipinski definition) is 14. The van der Waals surface area contributed by atoms with E-state index in [1.54, 1.807) is 9.80 Å². The van der Waals surface area contributed by atoms with Gasteiger partial charge in [-0.3, -0.25) is 54.3 Å². The average Bonchev–Trinajstić information content (AvgIpc) is 3.62. The van der Waals surface area contributed by atoms with Gasteiger partial charge in [0.25, 0.3) is 5.91 Å². The first-order chi connectivity index (χ1) is 25.7. The van der Waals surface area contributed by atoms with E-state index in [1.165, 1.54) is 30.2 Å². The van der Waals surface area contributed by atoms with Gasteiger partial charge in [-0.15, -0.1) is 0 Å². The zero-order valence-corrected chi connectivity index (χ0v) is 31.2. The second kappa shape index (κ2) is 24.8. The molecule has 0 saturated carbocycles. The van der Waals surface area contributed by atoms with Crippen molar-refractivity contribution in [3.8, 4) is 0 Å². The van der Waals surface area contributed by atoms with Crippen LogP contribution in [0.1, 0.15) is 62.7 Å². The van der Waals surface area contributed by atoms with Crippen LogP contribution in [0.5, 0.6) is 0 Å². The fourth-order valence-corrected chi connectivity index (χ4v) is 5.86. The minimum Gasteiger partial charge on any atom is -0.480 e. The molecule has 1 aliphatic rings. The maximum Gasteiger partial charge on any atom is 0.475 e. The van der Waals surface area contributed by atoms with Crippen molar-refractivity contribution in [3.05, 3.63) is 23.9 Å². The number of rotatable bonds is 27. The monoisotopic (exact) mass is 764 g/mol. The second-order valence-corrected chi connectivity index (χ2v) is 13.1. The summed E-state index contributed by atoms with van der Waals surface area (Å²) in [5.74, 6) is -3.77. The largest absolute Gasteiger partial charge is 0.480 e. The van der Waals surface area contributed by atoms with Gasteiger partial charge < -0.3 is 41.5 Å². The fourth-order valence-electron chi connectivity index (χ4n) is 5.86. The van der Waals surface area contributed by atoms with Crippen molar-refractivity contribution in [1.82, 2.24) is 40.6 Å². The Morgan fingerprint density at radius 3 is 2.15 bits per heavy atom. The van der Waals surface area contributed by atoms with Crippen LogP contribution in [0, 0.1) is 0 Å². The number of carbonyl (C=O) groups excluding carboxylic acids is 4. The van der Waals surface area contributed by atoms with E-state index in [0.717, 1.165) is 0 Å². The molecule has 21 heteroatoms. The number of unbranched alkanes of at least 4 members (excludes halogenated alkanes) is 2. The molecule has 2 rings (SSSR count). The topological polar surface area (TPSA) is 283 Å². The summed E-state index contributed by atoms with van der Waals surface area (Å²) in [5, 5.41) is 42.9. The molecule has 20 nitrogen and oxygen atoms in total. The van der Waals surface area contributed by atoms with Crippen LogP contribution in [0.2, 0.25) is 0 Å². The predicted molar refractivity (Wildman–Crippen MR) is 199 cm³/mol. The summed E-state index contributed by atoms with van der Waals surface area (Å²) < 4.78 is 0. The maximum absolute atomic E-state index is 12.7. The first-order valence-electron chi connectivity index (χ1n) is 18.3. The van der Waals surface area contributed by atoms with Crippen LogP contribution in [0.4, 0.5) is 5.82 Å². The maximum atomic E-state index is 12.7. The van der Waals surface area contributed by atoms with E-state index in [1.807, 2.05) is 11.8 Å². The normalized spacial score (nSPS) is 14.6. The summed E-state index contributed by atoms with van der Waals surface area (Å²) in [6, 6.07) is 2.09. The molecule has 54 heavy (non-hydrogen) atoms. The molecule has 0 unspecified atom stereocenters. The molecule has 0 radical (unpaired) electrons. The summed E-state index contributed by atoms with van der Waals surface area (Å²) in [7, 11) is -1.65. The Balaban J connectivity index is 1.63. The number of anilines is 1. The molecular weight excluding hydrogens is 707 g/mol. The van der Waals surface area contributed by atoms with Gasteiger partial charge in [0.2, 0.25) is 17.7 Å². The molecule has 1 saturated heterocycles. The molecule has 0 spiro atoms. The minimum atomic E-state index is -1.65. The summed E-state index contributed by atoms with van der Waals surface area (Å²) in [5.41, 5.74) is 11.0. The van der Waals surface area contributed by atoms with Gasteiger partial charge in [0.1, 0.15) is 11.9 Å². The molecule has 10 N–H and O–H groups in total. The van der Waals surface area contributed by atoms with Crippen molar-refractivity contribution in [3.63, 3.8) is 0 Å². The number of nitrogens with one attached hydrogen (secondary N) is 4. The van der Waals surface area contributed by atoms with E-state index in [9.17, 15) is 43.9 Å². The Labute approximate surface area is 315 Å². The standard InChI is InChI=1S/C33H57BN10O10/c1-3-41(16-17-43(23-31(49)50)19-18-42(15-12-35)22-30(47)48)21-29(46)36-13-6-4-5-9-28(45)40-39-27-11-10-25(20-37-27)32(51)38-24(2)33(52)44-14-7-8-26(44)34(53)54/h10-11,20,24,26,53-54H,3-9,12-19,21-23,35H2,1-2H3,(H,36,46)(H,37,39)(H,38,51)(H,40,45)(H,47,48)(H,49,50)/t24-,26+/m1/s1. The summed E-state index contributed by atoms with van der Waals surface area (Å²) in [6.07, 6.45) is 4.58. The molecule has 4 amide bonds. The third kappa shape index (κ3) is 17.6. The molecule has 0 aliphatic carbocycles. The zero-order chi connectivity index (χ0) is 40.0. The summed E-state index contributed by atoms with van der Waals surface area (Å²) in [4.78, 5) is 83.4. The van der Waals surface area contributed by atoms with Crippen molar-refractivity contribution in [2.24, 2.45) is 5.73 Å². The van der Waals surface area contributed by atoms with E-state index in [4.69, 9.17) is 10.8 Å². The Morgan fingerprint density at radius 2 is 1.57 bits per heavy atom. The number of nitrogens with zero attached hydrogens (tertiary/aromatic N) is 5. The third-order valence-electron chi connectivity index (χ3n) is 8.85. The van der Waals surface area contributed by atoms with Crippen molar-refractivity contribution in [2.45, 2.75) is 64.4 Å². The smallest absolute Gasteiger partial charge is 0.475 e. The lowest BCUT2D eigenvalue weighted by Crippen LogP contribution is -2.52. The summed E-state index contributed by atoms with van der Waals surface area (Å²) >= 11 is 0. The molecule has 1 aliphatic heterocycles. The number of aromatic nitrogens is 1. The van der Waals surface area contributed by atoms with Crippen LogP contribution in [-0.2, 0) is 24.0 Å². The lowest BCUT2D eigenvalue weighted by Gasteiger charge is -2.28. The number of carboxylic acids is 2. The van der Waals surface area contributed by atoms with Crippen molar-refractivity contribution in [1.29, 1.82) is 0 Å². The Bertz CT molecular complexity index is 1360. The van der Waals surface area contributed by atoms with E-state index in [-0.39, 0.29) is 50.0 Å². The van der Waals surface area contributed by atoms with Crippen LogP contribution in [0.3, 0.4) is 0 Å². The van der Waals surface area contributed by atoms with Gasteiger partial charge in [0.15, 0.2) is 0 Å². The molecular formula is C33H57BN10O10.